The van der Waals surface area contributed by atoms with Gasteiger partial charge in [0.05, 0.1) is 0 Å². The van der Waals surface area contributed by atoms with Gasteiger partial charge in [-0.05, 0) is 87.8 Å². The minimum absolute atomic E-state index is 0.943. The summed E-state index contributed by atoms with van der Waals surface area (Å²) in [4.78, 5) is 2.45. The second-order valence-electron chi connectivity index (χ2n) is 6.67. The largest absolute Gasteiger partial charge is 0.313 e. The summed E-state index contributed by atoms with van der Waals surface area (Å²) in [5, 5.41) is 3.64. The Morgan fingerprint density at radius 2 is 1.95 bits per heavy atom. The van der Waals surface area contributed by atoms with Crippen molar-refractivity contribution >= 4 is 0 Å². The molecule has 3 rings (SSSR count). The molecule has 110 valence electrons. The maximum Gasteiger partial charge on any atom is 0.0205 e. The van der Waals surface area contributed by atoms with Crippen LogP contribution in [0.15, 0.2) is 18.2 Å². The first-order chi connectivity index (χ1) is 9.81. The van der Waals surface area contributed by atoms with Crippen molar-refractivity contribution in [3.63, 3.8) is 0 Å². The number of fused-ring (bicyclic) bond motifs is 1. The summed E-state index contributed by atoms with van der Waals surface area (Å²) in [5.74, 6) is 0.943. The van der Waals surface area contributed by atoms with Gasteiger partial charge >= 0.3 is 0 Å². The molecule has 1 heterocycles. The van der Waals surface area contributed by atoms with Crippen LogP contribution in [-0.4, -0.2) is 31.6 Å². The fourth-order valence-corrected chi connectivity index (χ4v) is 3.62. The van der Waals surface area contributed by atoms with Crippen LogP contribution in [0.25, 0.3) is 0 Å². The van der Waals surface area contributed by atoms with Crippen LogP contribution in [-0.2, 0) is 19.4 Å². The van der Waals surface area contributed by atoms with Gasteiger partial charge < -0.3 is 10.2 Å². The highest BCUT2D eigenvalue weighted by Gasteiger charge is 2.16. The van der Waals surface area contributed by atoms with E-state index < -0.39 is 0 Å². The lowest BCUT2D eigenvalue weighted by Crippen LogP contribution is -2.31. The molecule has 1 aromatic rings. The van der Waals surface area contributed by atoms with E-state index in [0.29, 0.717) is 0 Å². The lowest BCUT2D eigenvalue weighted by Gasteiger charge is -2.28. The molecule has 0 unspecified atom stereocenters. The normalized spacial score (nSPS) is 20.2. The molecule has 1 N–H and O–H groups in total. The molecule has 1 aliphatic heterocycles. The first-order valence-electron chi connectivity index (χ1n) is 8.31. The molecule has 0 spiro atoms. The number of benzene rings is 1. The fraction of sp³-hybridized carbons (Fsp3) is 0.667. The Kier molecular flexibility index (Phi) is 4.74. The van der Waals surface area contributed by atoms with Gasteiger partial charge in [-0.3, -0.25) is 0 Å². The van der Waals surface area contributed by atoms with Gasteiger partial charge in [0.15, 0.2) is 0 Å². The quantitative estimate of drug-likeness (QED) is 0.829. The number of aryl methyl sites for hydroxylation is 2. The van der Waals surface area contributed by atoms with Crippen LogP contribution in [0.1, 0.15) is 42.4 Å². The summed E-state index contributed by atoms with van der Waals surface area (Å²) in [6, 6.07) is 7.08. The predicted octanol–water partition coefficient (Wildman–Crippen LogP) is 3.00. The molecule has 2 heteroatoms. The highest BCUT2D eigenvalue weighted by Crippen LogP contribution is 2.23. The molecular weight excluding hydrogens is 244 g/mol. The van der Waals surface area contributed by atoms with Crippen molar-refractivity contribution in [3.05, 3.63) is 34.9 Å². The molecule has 20 heavy (non-hydrogen) atoms. The van der Waals surface area contributed by atoms with Gasteiger partial charge in [-0.2, -0.15) is 0 Å². The molecule has 0 bridgehead atoms. The molecule has 0 atom stereocenters. The molecule has 0 saturated carbocycles. The van der Waals surface area contributed by atoms with E-state index in [-0.39, 0.29) is 0 Å². The third kappa shape index (κ3) is 3.62. The molecule has 1 fully saturated rings. The van der Waals surface area contributed by atoms with Gasteiger partial charge in [0, 0.05) is 6.54 Å². The lowest BCUT2D eigenvalue weighted by molar-refractivity contribution is 0.211. The highest BCUT2D eigenvalue weighted by atomic mass is 15.1. The zero-order valence-electron chi connectivity index (χ0n) is 12.8. The predicted molar refractivity (Wildman–Crippen MR) is 85.0 cm³/mol. The number of hydrogen-bond acceptors (Lipinski definition) is 2. The van der Waals surface area contributed by atoms with Crippen LogP contribution in [0.4, 0.5) is 0 Å². The summed E-state index contributed by atoms with van der Waals surface area (Å²) in [7, 11) is 2.24. The van der Waals surface area contributed by atoms with E-state index in [1.807, 2.05) is 0 Å². The third-order valence-electron chi connectivity index (χ3n) is 5.06. The Morgan fingerprint density at radius 1 is 1.15 bits per heavy atom. The van der Waals surface area contributed by atoms with E-state index >= 15 is 0 Å². The van der Waals surface area contributed by atoms with E-state index in [1.165, 1.54) is 63.7 Å². The van der Waals surface area contributed by atoms with E-state index in [1.54, 1.807) is 11.1 Å². The Balaban J connectivity index is 1.37. The van der Waals surface area contributed by atoms with Crippen molar-refractivity contribution < 1.29 is 0 Å². The lowest BCUT2D eigenvalue weighted by atomic mass is 9.94. The summed E-state index contributed by atoms with van der Waals surface area (Å²) >= 11 is 0. The maximum absolute atomic E-state index is 3.64. The van der Waals surface area contributed by atoms with E-state index in [0.717, 1.165) is 12.5 Å². The van der Waals surface area contributed by atoms with Crippen molar-refractivity contribution in [2.45, 2.75) is 45.1 Å². The first-order valence-corrected chi connectivity index (χ1v) is 8.31. The van der Waals surface area contributed by atoms with Gasteiger partial charge in [-0.15, -0.1) is 0 Å². The molecule has 2 nitrogen and oxygen atoms in total. The second-order valence-corrected chi connectivity index (χ2v) is 6.67. The molecule has 1 aliphatic carbocycles. The molecule has 1 saturated heterocycles. The summed E-state index contributed by atoms with van der Waals surface area (Å²) in [6.07, 6.45) is 8.05. The van der Waals surface area contributed by atoms with Crippen LogP contribution in [0.5, 0.6) is 0 Å². The number of nitrogens with zero attached hydrogens (tertiary/aromatic N) is 1. The average Bonchev–Trinajstić information content (AvgIpc) is 2.93. The zero-order chi connectivity index (χ0) is 13.8. The zero-order valence-corrected chi connectivity index (χ0v) is 12.8. The number of likely N-dealkylation sites (tertiary alicyclic amines) is 1. The van der Waals surface area contributed by atoms with Crippen LogP contribution >= 0.6 is 0 Å². The van der Waals surface area contributed by atoms with Gasteiger partial charge in [0.25, 0.3) is 0 Å². The SMILES string of the molecule is CN1CCC(CCNCc2ccc3c(c2)CCC3)CC1. The topological polar surface area (TPSA) is 15.3 Å². The molecule has 0 amide bonds. The van der Waals surface area contributed by atoms with Crippen LogP contribution in [0.2, 0.25) is 0 Å². The Bertz CT molecular complexity index is 433. The fourth-order valence-electron chi connectivity index (χ4n) is 3.62. The summed E-state index contributed by atoms with van der Waals surface area (Å²) in [5.41, 5.74) is 4.65. The number of piperidine rings is 1. The molecule has 0 radical (unpaired) electrons. The number of nitrogens with one attached hydrogen (secondary N) is 1. The molecule has 0 aromatic heterocycles. The monoisotopic (exact) mass is 272 g/mol. The van der Waals surface area contributed by atoms with Gasteiger partial charge in [-0.1, -0.05) is 18.2 Å². The van der Waals surface area contributed by atoms with Crippen molar-refractivity contribution in [2.75, 3.05) is 26.7 Å². The van der Waals surface area contributed by atoms with Gasteiger partial charge in [0.1, 0.15) is 0 Å². The second kappa shape index (κ2) is 6.73. The summed E-state index contributed by atoms with van der Waals surface area (Å²) in [6.45, 7) is 4.79. The minimum atomic E-state index is 0.943. The van der Waals surface area contributed by atoms with E-state index in [9.17, 15) is 0 Å². The van der Waals surface area contributed by atoms with Crippen LogP contribution in [0, 0.1) is 5.92 Å². The highest BCUT2D eigenvalue weighted by molar-refractivity contribution is 5.35. The minimum Gasteiger partial charge on any atom is -0.313 e. The van der Waals surface area contributed by atoms with Crippen LogP contribution < -0.4 is 5.32 Å². The van der Waals surface area contributed by atoms with Crippen molar-refractivity contribution in [1.29, 1.82) is 0 Å². The third-order valence-corrected chi connectivity index (χ3v) is 5.06. The Labute approximate surface area is 123 Å². The Morgan fingerprint density at radius 3 is 2.80 bits per heavy atom. The van der Waals surface area contributed by atoms with Gasteiger partial charge in [0.2, 0.25) is 0 Å². The van der Waals surface area contributed by atoms with Crippen molar-refractivity contribution in [1.82, 2.24) is 10.2 Å². The average molecular weight is 272 g/mol. The van der Waals surface area contributed by atoms with Gasteiger partial charge in [-0.25, -0.2) is 0 Å². The first kappa shape index (κ1) is 14.1. The van der Waals surface area contributed by atoms with E-state index in [2.05, 4.69) is 35.5 Å². The van der Waals surface area contributed by atoms with E-state index in [4.69, 9.17) is 0 Å². The molecular formula is C18H28N2. The van der Waals surface area contributed by atoms with Crippen molar-refractivity contribution in [2.24, 2.45) is 5.92 Å². The number of rotatable bonds is 5. The van der Waals surface area contributed by atoms with Crippen molar-refractivity contribution in [3.8, 4) is 0 Å². The standard InChI is InChI=1S/C18H28N2/c1-20-11-8-15(9-12-20)7-10-19-14-16-5-6-17-3-2-4-18(17)13-16/h5-6,13,15,19H,2-4,7-12,14H2,1H3. The summed E-state index contributed by atoms with van der Waals surface area (Å²) < 4.78 is 0. The smallest absolute Gasteiger partial charge is 0.0205 e. The Hall–Kier alpha value is -0.860. The molecule has 2 aliphatic rings. The van der Waals surface area contributed by atoms with Crippen LogP contribution in [0.3, 0.4) is 0 Å². The maximum atomic E-state index is 3.64. The molecule has 1 aromatic carbocycles. The number of hydrogen-bond donors (Lipinski definition) is 1.